The van der Waals surface area contributed by atoms with Gasteiger partial charge in [0.15, 0.2) is 4.80 Å². The molecule has 2 aromatic heterocycles. The average molecular weight is 630 g/mol. The van der Waals surface area contributed by atoms with E-state index in [-0.39, 0.29) is 12.2 Å². The van der Waals surface area contributed by atoms with E-state index in [9.17, 15) is 9.59 Å². The minimum Gasteiger partial charge on any atom is -0.496 e. The molecule has 1 aliphatic rings. The molecule has 0 aliphatic carbocycles. The number of thiazole rings is 1. The summed E-state index contributed by atoms with van der Waals surface area (Å²) in [4.78, 5) is 32.7. The molecule has 0 radical (unpaired) electrons. The average Bonchev–Trinajstić information content (AvgIpc) is 3.56. The Hall–Kier alpha value is -4.21. The summed E-state index contributed by atoms with van der Waals surface area (Å²) >= 11 is 4.74. The third-order valence-electron chi connectivity index (χ3n) is 6.95. The van der Waals surface area contributed by atoms with E-state index >= 15 is 0 Å². The van der Waals surface area contributed by atoms with Gasteiger partial charge in [-0.25, -0.2) is 9.79 Å². The SMILES string of the molecule is CCOC(=O)C1=C(C)N=c2s/c(=C\c3ccc(-c4cccc(Br)c4)o3)c(=O)n2[C@@H]1c1c(OC)ccc2ccccc12. The summed E-state index contributed by atoms with van der Waals surface area (Å²) in [6.45, 7) is 3.71. The molecule has 5 aromatic rings. The maximum Gasteiger partial charge on any atom is 0.338 e. The zero-order valence-electron chi connectivity index (χ0n) is 22.5. The van der Waals surface area contributed by atoms with Crippen LogP contribution in [-0.4, -0.2) is 24.3 Å². The molecule has 41 heavy (non-hydrogen) atoms. The summed E-state index contributed by atoms with van der Waals surface area (Å²) in [5, 5.41) is 1.83. The molecule has 0 saturated carbocycles. The molecule has 0 amide bonds. The highest BCUT2D eigenvalue weighted by Gasteiger charge is 2.36. The van der Waals surface area contributed by atoms with E-state index in [0.717, 1.165) is 20.8 Å². The molecule has 0 spiro atoms. The first kappa shape index (κ1) is 27.0. The fourth-order valence-electron chi connectivity index (χ4n) is 5.16. The minimum atomic E-state index is -0.803. The number of hydrogen-bond acceptors (Lipinski definition) is 7. The molecule has 0 bridgehead atoms. The number of allylic oxidation sites excluding steroid dienone is 1. The van der Waals surface area contributed by atoms with Gasteiger partial charge < -0.3 is 13.9 Å². The van der Waals surface area contributed by atoms with Crippen molar-refractivity contribution in [3.63, 3.8) is 0 Å². The van der Waals surface area contributed by atoms with Crippen molar-refractivity contribution in [2.24, 2.45) is 4.99 Å². The largest absolute Gasteiger partial charge is 0.496 e. The van der Waals surface area contributed by atoms with Crippen LogP contribution in [-0.2, 0) is 9.53 Å². The van der Waals surface area contributed by atoms with E-state index in [1.807, 2.05) is 72.8 Å². The van der Waals surface area contributed by atoms with Gasteiger partial charge in [0, 0.05) is 21.7 Å². The summed E-state index contributed by atoms with van der Waals surface area (Å²) in [6, 6.07) is 22.3. The second kappa shape index (κ2) is 11.0. The van der Waals surface area contributed by atoms with Crippen LogP contribution < -0.4 is 19.6 Å². The highest BCUT2D eigenvalue weighted by molar-refractivity contribution is 9.10. The van der Waals surface area contributed by atoms with E-state index in [1.165, 1.54) is 11.3 Å². The number of nitrogens with zero attached hydrogens (tertiary/aromatic N) is 2. The fraction of sp³-hybridized carbons (Fsp3) is 0.156. The Labute approximate surface area is 247 Å². The number of carbonyl (C=O) groups is 1. The van der Waals surface area contributed by atoms with Crippen molar-refractivity contribution in [3.05, 3.63) is 120 Å². The number of hydrogen-bond donors (Lipinski definition) is 0. The van der Waals surface area contributed by atoms with Crippen LogP contribution in [0.15, 0.2) is 103 Å². The van der Waals surface area contributed by atoms with Crippen molar-refractivity contribution in [1.29, 1.82) is 0 Å². The summed E-state index contributed by atoms with van der Waals surface area (Å²) in [5.74, 6) is 1.26. The monoisotopic (exact) mass is 628 g/mol. The van der Waals surface area contributed by atoms with Gasteiger partial charge in [0.2, 0.25) is 0 Å². The first-order valence-corrected chi connectivity index (χ1v) is 14.6. The summed E-state index contributed by atoms with van der Waals surface area (Å²) in [5.41, 5.74) is 2.12. The number of carbonyl (C=O) groups excluding carboxylic acids is 1. The van der Waals surface area contributed by atoms with Gasteiger partial charge in [-0.1, -0.05) is 69.7 Å². The molecule has 1 atom stereocenters. The second-order valence-corrected chi connectivity index (χ2v) is 11.3. The fourth-order valence-corrected chi connectivity index (χ4v) is 6.58. The van der Waals surface area contributed by atoms with E-state index in [1.54, 1.807) is 31.6 Å². The third-order valence-corrected chi connectivity index (χ3v) is 8.43. The van der Waals surface area contributed by atoms with Crippen LogP contribution in [0.5, 0.6) is 5.75 Å². The smallest absolute Gasteiger partial charge is 0.338 e. The maximum atomic E-state index is 14.1. The van der Waals surface area contributed by atoms with Crippen LogP contribution >= 0.6 is 27.3 Å². The van der Waals surface area contributed by atoms with Crippen molar-refractivity contribution in [2.45, 2.75) is 19.9 Å². The Morgan fingerprint density at radius 1 is 1.12 bits per heavy atom. The zero-order chi connectivity index (χ0) is 28.7. The number of aromatic nitrogens is 1. The Bertz CT molecular complexity index is 2030. The number of methoxy groups -OCH3 is 1. The summed E-state index contributed by atoms with van der Waals surface area (Å²) < 4.78 is 20.3. The van der Waals surface area contributed by atoms with E-state index in [4.69, 9.17) is 18.9 Å². The molecular formula is C32H25BrN2O5S. The Morgan fingerprint density at radius 3 is 2.73 bits per heavy atom. The lowest BCUT2D eigenvalue weighted by Gasteiger charge is -2.27. The van der Waals surface area contributed by atoms with Crippen molar-refractivity contribution >= 4 is 50.1 Å². The minimum absolute atomic E-state index is 0.193. The highest BCUT2D eigenvalue weighted by Crippen LogP contribution is 2.40. The summed E-state index contributed by atoms with van der Waals surface area (Å²) in [7, 11) is 1.58. The first-order chi connectivity index (χ1) is 19.9. The van der Waals surface area contributed by atoms with Crippen LogP contribution in [0.2, 0.25) is 0 Å². The van der Waals surface area contributed by atoms with Crippen molar-refractivity contribution < 1.29 is 18.7 Å². The van der Waals surface area contributed by atoms with Crippen LogP contribution in [0, 0.1) is 0 Å². The normalized spacial score (nSPS) is 15.1. The number of halogens is 1. The summed E-state index contributed by atoms with van der Waals surface area (Å²) in [6.07, 6.45) is 1.71. The second-order valence-electron chi connectivity index (χ2n) is 9.42. The lowest BCUT2D eigenvalue weighted by atomic mass is 9.90. The molecule has 0 N–H and O–H groups in total. The van der Waals surface area contributed by atoms with E-state index in [2.05, 4.69) is 15.9 Å². The topological polar surface area (TPSA) is 83.0 Å². The molecule has 1 aliphatic heterocycles. The molecule has 3 aromatic carbocycles. The van der Waals surface area contributed by atoms with Crippen molar-refractivity contribution in [2.75, 3.05) is 13.7 Å². The molecule has 0 saturated heterocycles. The molecule has 206 valence electrons. The lowest BCUT2D eigenvalue weighted by molar-refractivity contribution is -0.139. The number of furan rings is 1. The first-order valence-electron chi connectivity index (χ1n) is 13.0. The van der Waals surface area contributed by atoms with Gasteiger partial charge in [-0.3, -0.25) is 9.36 Å². The number of fused-ring (bicyclic) bond motifs is 2. The maximum absolute atomic E-state index is 14.1. The predicted molar refractivity (Wildman–Crippen MR) is 163 cm³/mol. The van der Waals surface area contributed by atoms with Gasteiger partial charge >= 0.3 is 5.97 Å². The number of ether oxygens (including phenoxy) is 2. The van der Waals surface area contributed by atoms with Gasteiger partial charge in [-0.2, -0.15) is 0 Å². The standard InChI is InChI=1S/C32H25BrN2O5S/c1-4-39-31(37)27-18(2)34-32-35(29(27)28-23-11-6-5-8-19(23)12-14-25(28)38-3)30(36)26(41-32)17-22-13-15-24(40-22)20-9-7-10-21(33)16-20/h5-17,29H,4H2,1-3H3/b26-17-/t29-/m0/s1. The zero-order valence-corrected chi connectivity index (χ0v) is 24.9. The highest BCUT2D eigenvalue weighted by atomic mass is 79.9. The van der Waals surface area contributed by atoms with E-state index < -0.39 is 12.0 Å². The van der Waals surface area contributed by atoms with Crippen LogP contribution in [0.1, 0.15) is 31.2 Å². The van der Waals surface area contributed by atoms with Gasteiger partial charge in [-0.15, -0.1) is 0 Å². The molecular weight excluding hydrogens is 604 g/mol. The Kier molecular flexibility index (Phi) is 7.23. The molecule has 6 rings (SSSR count). The number of benzene rings is 3. The van der Waals surface area contributed by atoms with Gasteiger partial charge in [0.1, 0.15) is 23.3 Å². The Balaban J connectivity index is 1.57. The van der Waals surface area contributed by atoms with Gasteiger partial charge in [0.25, 0.3) is 5.56 Å². The molecule has 3 heterocycles. The van der Waals surface area contributed by atoms with Gasteiger partial charge in [0.05, 0.1) is 29.5 Å². The predicted octanol–water partition coefficient (Wildman–Crippen LogP) is 5.98. The molecule has 0 fully saturated rings. The molecule has 7 nitrogen and oxygen atoms in total. The van der Waals surface area contributed by atoms with E-state index in [0.29, 0.717) is 43.4 Å². The van der Waals surface area contributed by atoms with Crippen LogP contribution in [0.4, 0.5) is 0 Å². The quantitative estimate of drug-likeness (QED) is 0.216. The molecule has 0 unspecified atom stereocenters. The number of rotatable bonds is 6. The third kappa shape index (κ3) is 4.85. The Morgan fingerprint density at radius 2 is 1.95 bits per heavy atom. The van der Waals surface area contributed by atoms with Crippen LogP contribution in [0.3, 0.4) is 0 Å². The van der Waals surface area contributed by atoms with Crippen LogP contribution in [0.25, 0.3) is 28.2 Å². The van der Waals surface area contributed by atoms with Gasteiger partial charge in [-0.05, 0) is 55.0 Å². The van der Waals surface area contributed by atoms with Crippen molar-refractivity contribution in [1.82, 2.24) is 4.57 Å². The number of esters is 1. The molecule has 9 heteroatoms. The van der Waals surface area contributed by atoms with Crippen molar-refractivity contribution in [3.8, 4) is 17.1 Å². The lowest BCUT2D eigenvalue weighted by Crippen LogP contribution is -2.40.